The molecule has 0 spiro atoms. The number of aliphatic hydroxyl groups excluding tert-OH is 1. The van der Waals surface area contributed by atoms with Gasteiger partial charge in [-0.3, -0.25) is 0 Å². The van der Waals surface area contributed by atoms with Crippen LogP contribution in [0.3, 0.4) is 0 Å². The van der Waals surface area contributed by atoms with Gasteiger partial charge in [0.2, 0.25) is 10.0 Å². The predicted octanol–water partition coefficient (Wildman–Crippen LogP) is 0.692. The predicted molar refractivity (Wildman–Crippen MR) is 64.8 cm³/mol. The van der Waals surface area contributed by atoms with E-state index < -0.39 is 38.3 Å². The molecule has 106 valence electrons. The molecule has 1 aromatic carbocycles. The van der Waals surface area contributed by atoms with Gasteiger partial charge in [0.1, 0.15) is 16.5 Å². The first-order valence-electron chi connectivity index (χ1n) is 5.75. The van der Waals surface area contributed by atoms with Crippen molar-refractivity contribution in [2.24, 2.45) is 0 Å². The Bertz CT molecular complexity index is 592. The Morgan fingerprint density at radius 3 is 2.63 bits per heavy atom. The Balaban J connectivity index is 2.42. The monoisotopic (exact) mass is 292 g/mol. The van der Waals surface area contributed by atoms with Crippen molar-refractivity contribution >= 4 is 15.7 Å². The Hall–Kier alpha value is -1.25. The number of benzene rings is 1. The van der Waals surface area contributed by atoms with Gasteiger partial charge in [-0.05, 0) is 18.9 Å². The maximum Gasteiger partial charge on any atom is 0.246 e. The molecule has 1 aromatic rings. The molecule has 1 aliphatic rings. The number of nitrogen functional groups attached to an aromatic ring is 1. The van der Waals surface area contributed by atoms with Crippen LogP contribution in [0.5, 0.6) is 0 Å². The first kappa shape index (κ1) is 14.2. The number of anilines is 1. The van der Waals surface area contributed by atoms with Gasteiger partial charge < -0.3 is 10.8 Å². The van der Waals surface area contributed by atoms with Crippen LogP contribution in [0.4, 0.5) is 14.5 Å². The summed E-state index contributed by atoms with van der Waals surface area (Å²) in [4.78, 5) is -0.666. The Morgan fingerprint density at radius 1 is 1.32 bits per heavy atom. The molecule has 1 aliphatic heterocycles. The van der Waals surface area contributed by atoms with E-state index >= 15 is 0 Å². The lowest BCUT2D eigenvalue weighted by Gasteiger charge is -2.29. The molecule has 0 radical (unpaired) electrons. The molecular weight excluding hydrogens is 278 g/mol. The number of nitrogens with zero attached hydrogens (tertiary/aromatic N) is 1. The van der Waals surface area contributed by atoms with Gasteiger partial charge in [0.25, 0.3) is 0 Å². The van der Waals surface area contributed by atoms with Crippen LogP contribution in [0.1, 0.15) is 12.8 Å². The summed E-state index contributed by atoms with van der Waals surface area (Å²) in [6, 6.07) is 1.21. The highest BCUT2D eigenvalue weighted by Gasteiger charge is 2.32. The minimum Gasteiger partial charge on any atom is -0.396 e. The molecule has 0 amide bonds. The number of β-amino-alcohol motifs (C(OH)–C–C–N with tert-alkyl or cyclic N) is 1. The molecule has 1 unspecified atom stereocenters. The minimum atomic E-state index is -4.11. The van der Waals surface area contributed by atoms with Crippen molar-refractivity contribution in [1.29, 1.82) is 0 Å². The largest absolute Gasteiger partial charge is 0.396 e. The van der Waals surface area contributed by atoms with Gasteiger partial charge in [-0.1, -0.05) is 0 Å². The molecular formula is C11H14F2N2O3S. The van der Waals surface area contributed by atoms with E-state index in [4.69, 9.17) is 5.73 Å². The van der Waals surface area contributed by atoms with Crippen LogP contribution in [-0.2, 0) is 10.0 Å². The van der Waals surface area contributed by atoms with Crippen LogP contribution >= 0.6 is 0 Å². The Kier molecular flexibility index (Phi) is 3.75. The number of nitrogens with two attached hydrogens (primary N) is 1. The van der Waals surface area contributed by atoms with Crippen LogP contribution in [0.25, 0.3) is 0 Å². The fraction of sp³-hybridized carbons (Fsp3) is 0.455. The maximum atomic E-state index is 13.6. The standard InChI is InChI=1S/C11H14F2N2O3S/c12-8-4-9(13)11(5-10(8)14)19(17,18)15-3-1-2-7(16)6-15/h4-5,7,16H,1-3,6,14H2. The van der Waals surface area contributed by atoms with E-state index in [1.54, 1.807) is 0 Å². The lowest BCUT2D eigenvalue weighted by Crippen LogP contribution is -2.42. The molecule has 1 heterocycles. The van der Waals surface area contributed by atoms with Gasteiger partial charge in [0.05, 0.1) is 11.8 Å². The van der Waals surface area contributed by atoms with Crippen molar-refractivity contribution in [2.45, 2.75) is 23.8 Å². The molecule has 0 bridgehead atoms. The lowest BCUT2D eigenvalue weighted by molar-refractivity contribution is 0.108. The van der Waals surface area contributed by atoms with E-state index in [-0.39, 0.29) is 13.1 Å². The van der Waals surface area contributed by atoms with Crippen molar-refractivity contribution in [3.8, 4) is 0 Å². The Morgan fingerprint density at radius 2 is 2.00 bits per heavy atom. The number of sulfonamides is 1. The third-order valence-electron chi connectivity index (χ3n) is 3.03. The first-order chi connectivity index (χ1) is 8.82. The summed E-state index contributed by atoms with van der Waals surface area (Å²) in [7, 11) is -4.11. The summed E-state index contributed by atoms with van der Waals surface area (Å²) in [6.07, 6.45) is 0.211. The smallest absolute Gasteiger partial charge is 0.246 e. The average molecular weight is 292 g/mol. The summed E-state index contributed by atoms with van der Waals surface area (Å²) in [6.45, 7) is 0.0924. The highest BCUT2D eigenvalue weighted by Crippen LogP contribution is 2.26. The van der Waals surface area contributed by atoms with E-state index in [0.717, 1.165) is 10.4 Å². The van der Waals surface area contributed by atoms with Crippen molar-refractivity contribution in [2.75, 3.05) is 18.8 Å². The molecule has 1 saturated heterocycles. The quantitative estimate of drug-likeness (QED) is 0.786. The molecule has 0 aliphatic carbocycles. The zero-order chi connectivity index (χ0) is 14.2. The molecule has 8 heteroatoms. The highest BCUT2D eigenvalue weighted by atomic mass is 32.2. The maximum absolute atomic E-state index is 13.6. The number of hydrogen-bond acceptors (Lipinski definition) is 4. The van der Waals surface area contributed by atoms with Crippen LogP contribution in [0.15, 0.2) is 17.0 Å². The van der Waals surface area contributed by atoms with Crippen LogP contribution in [0, 0.1) is 11.6 Å². The molecule has 5 nitrogen and oxygen atoms in total. The molecule has 0 saturated carbocycles. The summed E-state index contributed by atoms with van der Waals surface area (Å²) >= 11 is 0. The topological polar surface area (TPSA) is 83.6 Å². The van der Waals surface area contributed by atoms with Crippen LogP contribution in [0.2, 0.25) is 0 Å². The second-order valence-corrected chi connectivity index (χ2v) is 6.37. The van der Waals surface area contributed by atoms with Crippen molar-refractivity contribution in [3.05, 3.63) is 23.8 Å². The van der Waals surface area contributed by atoms with Crippen molar-refractivity contribution < 1.29 is 22.3 Å². The molecule has 0 aromatic heterocycles. The van der Waals surface area contributed by atoms with E-state index in [1.165, 1.54) is 0 Å². The third kappa shape index (κ3) is 2.70. The second kappa shape index (κ2) is 5.03. The van der Waals surface area contributed by atoms with Crippen molar-refractivity contribution in [3.63, 3.8) is 0 Å². The molecule has 1 fully saturated rings. The minimum absolute atomic E-state index is 0.0982. The summed E-state index contributed by atoms with van der Waals surface area (Å²) < 4.78 is 52.1. The van der Waals surface area contributed by atoms with Crippen LogP contribution in [-0.4, -0.2) is 37.0 Å². The number of rotatable bonds is 2. The van der Waals surface area contributed by atoms with E-state index in [9.17, 15) is 22.3 Å². The number of halogens is 2. The first-order valence-corrected chi connectivity index (χ1v) is 7.19. The highest BCUT2D eigenvalue weighted by molar-refractivity contribution is 7.89. The third-order valence-corrected chi connectivity index (χ3v) is 4.91. The van der Waals surface area contributed by atoms with Gasteiger partial charge in [-0.15, -0.1) is 0 Å². The van der Waals surface area contributed by atoms with E-state index in [0.29, 0.717) is 18.9 Å². The van der Waals surface area contributed by atoms with Crippen LogP contribution < -0.4 is 5.73 Å². The zero-order valence-electron chi connectivity index (χ0n) is 10.0. The lowest BCUT2D eigenvalue weighted by atomic mass is 10.1. The van der Waals surface area contributed by atoms with Crippen molar-refractivity contribution in [1.82, 2.24) is 4.31 Å². The average Bonchev–Trinajstić information content (AvgIpc) is 2.33. The Labute approximate surface area is 109 Å². The van der Waals surface area contributed by atoms with E-state index in [2.05, 4.69) is 0 Å². The summed E-state index contributed by atoms with van der Waals surface area (Å²) in [5, 5.41) is 9.47. The number of aliphatic hydroxyl groups is 1. The zero-order valence-corrected chi connectivity index (χ0v) is 10.8. The number of hydrogen-bond donors (Lipinski definition) is 2. The normalized spacial score (nSPS) is 21.5. The van der Waals surface area contributed by atoms with Gasteiger partial charge >= 0.3 is 0 Å². The molecule has 1 atom stereocenters. The number of piperidine rings is 1. The molecule has 19 heavy (non-hydrogen) atoms. The van der Waals surface area contributed by atoms with E-state index in [1.807, 2.05) is 0 Å². The molecule has 2 rings (SSSR count). The SMILES string of the molecule is Nc1cc(S(=O)(=O)N2CCCC(O)C2)c(F)cc1F. The van der Waals surface area contributed by atoms with Gasteiger partial charge in [-0.2, -0.15) is 4.31 Å². The summed E-state index contributed by atoms with van der Waals surface area (Å²) in [5.41, 5.74) is 4.84. The van der Waals surface area contributed by atoms with Gasteiger partial charge in [-0.25, -0.2) is 17.2 Å². The molecule has 3 N–H and O–H groups in total. The van der Waals surface area contributed by atoms with Gasteiger partial charge in [0.15, 0.2) is 0 Å². The fourth-order valence-corrected chi connectivity index (χ4v) is 3.62. The fourth-order valence-electron chi connectivity index (χ4n) is 2.02. The van der Waals surface area contributed by atoms with Gasteiger partial charge in [0, 0.05) is 19.2 Å². The second-order valence-electron chi connectivity index (χ2n) is 4.46. The summed E-state index contributed by atoms with van der Waals surface area (Å²) in [5.74, 6) is -2.19.